The van der Waals surface area contributed by atoms with Crippen LogP contribution in [0.3, 0.4) is 0 Å². The molecule has 3 rings (SSSR count). The number of aryl methyl sites for hydroxylation is 1. The number of hydrogen-bond acceptors (Lipinski definition) is 2. The third-order valence-electron chi connectivity index (χ3n) is 4.48. The third-order valence-corrected chi connectivity index (χ3v) is 4.48. The summed E-state index contributed by atoms with van der Waals surface area (Å²) in [6.07, 6.45) is -2.30. The van der Waals surface area contributed by atoms with Gasteiger partial charge in [-0.15, -0.1) is 0 Å². The summed E-state index contributed by atoms with van der Waals surface area (Å²) in [7, 11) is 0. The number of carbonyl (C=O) groups excluding carboxylic acids is 1. The van der Waals surface area contributed by atoms with Gasteiger partial charge in [-0.05, 0) is 60.1 Å². The standard InChI is InChI=1S/C18H16F3NO2/c19-18(20,21)16-3-1-2-11(10-16)12-4-5-14-9-15(17(23)22-24)7-6-13(14)8-12/h1-3,6-7,9-10,12,24H,4-5,8H2,(H,22,23). The van der Waals surface area contributed by atoms with Gasteiger partial charge in [-0.3, -0.25) is 10.0 Å². The molecule has 0 bridgehead atoms. The lowest BCUT2D eigenvalue weighted by Crippen LogP contribution is -2.20. The van der Waals surface area contributed by atoms with Crippen molar-refractivity contribution in [3.8, 4) is 0 Å². The van der Waals surface area contributed by atoms with Gasteiger partial charge < -0.3 is 0 Å². The number of carbonyl (C=O) groups is 1. The number of benzene rings is 2. The first-order valence-corrected chi connectivity index (χ1v) is 7.62. The summed E-state index contributed by atoms with van der Waals surface area (Å²) >= 11 is 0. The van der Waals surface area contributed by atoms with Crippen LogP contribution in [0.25, 0.3) is 0 Å². The molecule has 0 aliphatic heterocycles. The monoisotopic (exact) mass is 335 g/mol. The highest BCUT2D eigenvalue weighted by molar-refractivity contribution is 5.93. The molecule has 0 saturated carbocycles. The van der Waals surface area contributed by atoms with Crippen molar-refractivity contribution in [2.75, 3.05) is 0 Å². The molecule has 0 fully saturated rings. The molecule has 24 heavy (non-hydrogen) atoms. The van der Waals surface area contributed by atoms with Crippen molar-refractivity contribution in [3.63, 3.8) is 0 Å². The second-order valence-electron chi connectivity index (χ2n) is 5.99. The van der Waals surface area contributed by atoms with Crippen LogP contribution in [-0.4, -0.2) is 11.1 Å². The van der Waals surface area contributed by atoms with Crippen molar-refractivity contribution in [1.82, 2.24) is 5.48 Å². The Morgan fingerprint density at radius 3 is 2.62 bits per heavy atom. The van der Waals surface area contributed by atoms with Gasteiger partial charge in [-0.2, -0.15) is 13.2 Å². The van der Waals surface area contributed by atoms with Crippen molar-refractivity contribution in [2.24, 2.45) is 0 Å². The van der Waals surface area contributed by atoms with E-state index in [1.807, 2.05) is 0 Å². The lowest BCUT2D eigenvalue weighted by Gasteiger charge is -2.26. The van der Waals surface area contributed by atoms with Crippen molar-refractivity contribution in [2.45, 2.75) is 31.4 Å². The molecule has 0 heterocycles. The van der Waals surface area contributed by atoms with E-state index in [-0.39, 0.29) is 5.92 Å². The maximum atomic E-state index is 12.9. The maximum Gasteiger partial charge on any atom is 0.416 e. The van der Waals surface area contributed by atoms with E-state index in [1.54, 1.807) is 29.7 Å². The van der Waals surface area contributed by atoms with Crippen LogP contribution >= 0.6 is 0 Å². The second-order valence-corrected chi connectivity index (χ2v) is 5.99. The van der Waals surface area contributed by atoms with Crippen molar-refractivity contribution in [1.29, 1.82) is 0 Å². The van der Waals surface area contributed by atoms with Gasteiger partial charge in [-0.25, -0.2) is 5.48 Å². The van der Waals surface area contributed by atoms with E-state index in [2.05, 4.69) is 0 Å². The number of fused-ring (bicyclic) bond motifs is 1. The molecule has 1 amide bonds. The molecule has 0 aromatic heterocycles. The summed E-state index contributed by atoms with van der Waals surface area (Å²) in [5, 5.41) is 8.68. The lowest BCUT2D eigenvalue weighted by atomic mass is 9.79. The zero-order chi connectivity index (χ0) is 17.3. The Hall–Kier alpha value is -2.34. The molecule has 2 aromatic carbocycles. The third kappa shape index (κ3) is 3.28. The fourth-order valence-electron chi connectivity index (χ4n) is 3.21. The van der Waals surface area contributed by atoms with Crippen LogP contribution in [0.1, 0.15) is 45.0 Å². The summed E-state index contributed by atoms with van der Waals surface area (Å²) in [5.74, 6) is -0.546. The molecular weight excluding hydrogens is 319 g/mol. The van der Waals surface area contributed by atoms with Gasteiger partial charge in [0, 0.05) is 5.56 Å². The molecule has 126 valence electrons. The fourth-order valence-corrected chi connectivity index (χ4v) is 3.21. The Kier molecular flexibility index (Phi) is 4.32. The number of amides is 1. The first-order chi connectivity index (χ1) is 11.4. The summed E-state index contributed by atoms with van der Waals surface area (Å²) in [5.41, 5.74) is 4.06. The number of halogens is 3. The highest BCUT2D eigenvalue weighted by Crippen LogP contribution is 2.36. The first kappa shape index (κ1) is 16.5. The van der Waals surface area contributed by atoms with Crippen LogP contribution in [0, 0.1) is 0 Å². The molecule has 1 aliphatic carbocycles. The summed E-state index contributed by atoms with van der Waals surface area (Å²) in [6, 6.07) is 10.6. The van der Waals surface area contributed by atoms with Crippen molar-refractivity contribution < 1.29 is 23.2 Å². The van der Waals surface area contributed by atoms with E-state index in [9.17, 15) is 18.0 Å². The summed E-state index contributed by atoms with van der Waals surface area (Å²) < 4.78 is 38.6. The molecule has 0 saturated heterocycles. The van der Waals surface area contributed by atoms with E-state index >= 15 is 0 Å². The van der Waals surface area contributed by atoms with E-state index in [4.69, 9.17) is 5.21 Å². The Bertz CT molecular complexity index is 771. The average molecular weight is 335 g/mol. The fraction of sp³-hybridized carbons (Fsp3) is 0.278. The Balaban J connectivity index is 1.84. The number of hydroxylamine groups is 1. The molecule has 6 heteroatoms. The van der Waals surface area contributed by atoms with Gasteiger partial charge in [0.1, 0.15) is 0 Å². The molecule has 2 N–H and O–H groups in total. The SMILES string of the molecule is O=C(NO)c1ccc2c(c1)CCC(c1cccc(C(F)(F)F)c1)C2. The van der Waals surface area contributed by atoms with Gasteiger partial charge in [0.15, 0.2) is 0 Å². The van der Waals surface area contributed by atoms with E-state index in [1.165, 1.54) is 12.1 Å². The molecule has 3 nitrogen and oxygen atoms in total. The normalized spacial score (nSPS) is 17.2. The Labute approximate surface area is 137 Å². The molecule has 0 spiro atoms. The van der Waals surface area contributed by atoms with E-state index in [0.717, 1.165) is 23.6 Å². The maximum absolute atomic E-state index is 12.9. The molecular formula is C18H16F3NO2. The van der Waals surface area contributed by atoms with Crippen LogP contribution in [0.15, 0.2) is 42.5 Å². The number of alkyl halides is 3. The highest BCUT2D eigenvalue weighted by atomic mass is 19.4. The lowest BCUT2D eigenvalue weighted by molar-refractivity contribution is -0.137. The predicted octanol–water partition coefficient (Wildman–Crippen LogP) is 4.10. The second kappa shape index (κ2) is 6.28. The summed E-state index contributed by atoms with van der Waals surface area (Å²) in [6.45, 7) is 0. The molecule has 2 aromatic rings. The van der Waals surface area contributed by atoms with Gasteiger partial charge in [0.2, 0.25) is 0 Å². The van der Waals surface area contributed by atoms with Crippen LogP contribution in [0.4, 0.5) is 13.2 Å². The molecule has 1 unspecified atom stereocenters. The number of hydrogen-bond donors (Lipinski definition) is 2. The minimum atomic E-state index is -4.34. The smallest absolute Gasteiger partial charge is 0.288 e. The van der Waals surface area contributed by atoms with Gasteiger partial charge in [0.25, 0.3) is 5.91 Å². The minimum Gasteiger partial charge on any atom is -0.288 e. The van der Waals surface area contributed by atoms with E-state index < -0.39 is 17.6 Å². The first-order valence-electron chi connectivity index (χ1n) is 7.62. The quantitative estimate of drug-likeness (QED) is 0.641. The minimum absolute atomic E-state index is 0.0253. The number of rotatable bonds is 2. The Morgan fingerprint density at radius 1 is 1.12 bits per heavy atom. The molecule has 0 radical (unpaired) electrons. The zero-order valence-electron chi connectivity index (χ0n) is 12.7. The highest BCUT2D eigenvalue weighted by Gasteiger charge is 2.31. The van der Waals surface area contributed by atoms with Crippen LogP contribution in [0.5, 0.6) is 0 Å². The van der Waals surface area contributed by atoms with Crippen LogP contribution < -0.4 is 5.48 Å². The zero-order valence-corrected chi connectivity index (χ0v) is 12.7. The topological polar surface area (TPSA) is 49.3 Å². The predicted molar refractivity (Wildman–Crippen MR) is 81.9 cm³/mol. The van der Waals surface area contributed by atoms with Crippen molar-refractivity contribution in [3.05, 3.63) is 70.3 Å². The summed E-state index contributed by atoms with van der Waals surface area (Å²) in [4.78, 5) is 11.4. The largest absolute Gasteiger partial charge is 0.416 e. The van der Waals surface area contributed by atoms with Crippen molar-refractivity contribution >= 4 is 5.91 Å². The number of nitrogens with one attached hydrogen (secondary N) is 1. The Morgan fingerprint density at radius 2 is 1.92 bits per heavy atom. The van der Waals surface area contributed by atoms with Gasteiger partial charge in [-0.1, -0.05) is 24.3 Å². The van der Waals surface area contributed by atoms with E-state index in [0.29, 0.717) is 24.0 Å². The molecule has 1 atom stereocenters. The van der Waals surface area contributed by atoms with Gasteiger partial charge >= 0.3 is 6.18 Å². The average Bonchev–Trinajstić information content (AvgIpc) is 2.59. The van der Waals surface area contributed by atoms with Crippen LogP contribution in [0.2, 0.25) is 0 Å². The van der Waals surface area contributed by atoms with Gasteiger partial charge in [0.05, 0.1) is 5.56 Å². The van der Waals surface area contributed by atoms with Crippen LogP contribution in [-0.2, 0) is 19.0 Å². The molecule has 1 aliphatic rings.